The topological polar surface area (TPSA) is 127 Å². The molecule has 2 saturated heterocycles. The van der Waals surface area contributed by atoms with Crippen molar-refractivity contribution in [1.82, 2.24) is 20.0 Å². The molecular formula is C32H36N6O6S. The molecule has 6 rings (SSSR count). The number of benzene rings is 2. The van der Waals surface area contributed by atoms with Crippen molar-refractivity contribution < 1.29 is 28.6 Å². The Hall–Kier alpha value is -4.30. The second-order valence-electron chi connectivity index (χ2n) is 10.7. The summed E-state index contributed by atoms with van der Waals surface area (Å²) >= 11 is 1.12. The molecule has 2 aromatic heterocycles. The van der Waals surface area contributed by atoms with E-state index in [0.29, 0.717) is 53.6 Å². The van der Waals surface area contributed by atoms with E-state index in [1.807, 2.05) is 42.5 Å². The number of aromatic nitrogens is 2. The second-order valence-corrected chi connectivity index (χ2v) is 11.8. The average Bonchev–Trinajstić information content (AvgIpc) is 3.66. The maximum absolute atomic E-state index is 13.7. The predicted molar refractivity (Wildman–Crippen MR) is 171 cm³/mol. The molecule has 2 fully saturated rings. The van der Waals surface area contributed by atoms with Gasteiger partial charge in [-0.05, 0) is 42.8 Å². The summed E-state index contributed by atoms with van der Waals surface area (Å²) in [5.41, 5.74) is 2.44. The zero-order chi connectivity index (χ0) is 31.2. The third-order valence-electron chi connectivity index (χ3n) is 7.81. The number of hydrogen-bond acceptors (Lipinski definition) is 10. The highest BCUT2D eigenvalue weighted by Crippen LogP contribution is 2.33. The molecule has 0 saturated carbocycles. The lowest BCUT2D eigenvalue weighted by molar-refractivity contribution is 0.0332. The van der Waals surface area contributed by atoms with Gasteiger partial charge in [0.25, 0.3) is 11.8 Å². The van der Waals surface area contributed by atoms with Crippen LogP contribution >= 0.6 is 11.3 Å². The first-order valence-corrected chi connectivity index (χ1v) is 15.9. The van der Waals surface area contributed by atoms with Crippen molar-refractivity contribution in [3.05, 3.63) is 76.7 Å². The van der Waals surface area contributed by atoms with Gasteiger partial charge in [0, 0.05) is 44.0 Å². The van der Waals surface area contributed by atoms with Gasteiger partial charge in [-0.1, -0.05) is 30.3 Å². The van der Waals surface area contributed by atoms with Crippen molar-refractivity contribution in [2.24, 2.45) is 0 Å². The highest BCUT2D eigenvalue weighted by molar-refractivity contribution is 7.20. The third-order valence-corrected chi connectivity index (χ3v) is 8.92. The number of nitrogens with one attached hydrogen (secondary N) is 2. The van der Waals surface area contributed by atoms with Crippen LogP contribution in [0.1, 0.15) is 38.6 Å². The molecule has 0 aliphatic carbocycles. The Labute approximate surface area is 264 Å². The number of morpholine rings is 2. The fourth-order valence-electron chi connectivity index (χ4n) is 5.44. The van der Waals surface area contributed by atoms with Crippen LogP contribution in [0, 0.1) is 0 Å². The Morgan fingerprint density at radius 3 is 2.31 bits per heavy atom. The quantitative estimate of drug-likeness (QED) is 0.282. The molecule has 0 unspecified atom stereocenters. The highest BCUT2D eigenvalue weighted by Gasteiger charge is 2.26. The molecule has 1 atom stereocenters. The summed E-state index contributed by atoms with van der Waals surface area (Å²) in [6.45, 7) is 8.30. The van der Waals surface area contributed by atoms with Gasteiger partial charge in [-0.3, -0.25) is 14.5 Å². The van der Waals surface area contributed by atoms with Crippen molar-refractivity contribution in [3.8, 4) is 0 Å². The molecule has 4 aromatic rings. The molecule has 45 heavy (non-hydrogen) atoms. The normalized spacial score (nSPS) is 16.3. The summed E-state index contributed by atoms with van der Waals surface area (Å²) in [5.74, 6) is -0.501. The maximum atomic E-state index is 13.7. The number of amides is 2. The summed E-state index contributed by atoms with van der Waals surface area (Å²) < 4.78 is 17.2. The van der Waals surface area contributed by atoms with Crippen LogP contribution in [0.2, 0.25) is 0 Å². The van der Waals surface area contributed by atoms with Gasteiger partial charge in [-0.15, -0.1) is 16.4 Å². The summed E-state index contributed by atoms with van der Waals surface area (Å²) in [4.78, 5) is 45.0. The van der Waals surface area contributed by atoms with Crippen molar-refractivity contribution in [2.75, 3.05) is 76.0 Å². The lowest BCUT2D eigenvalue weighted by atomic mass is 10.1. The third kappa shape index (κ3) is 7.17. The zero-order valence-corrected chi connectivity index (χ0v) is 25.9. The minimum Gasteiger partial charge on any atom is -0.448 e. The minimum atomic E-state index is -0.693. The fraction of sp³-hybridized carbons (Fsp3) is 0.375. The van der Waals surface area contributed by atoms with Crippen LogP contribution in [0.3, 0.4) is 0 Å². The van der Waals surface area contributed by atoms with Crippen molar-refractivity contribution >= 4 is 51.0 Å². The van der Waals surface area contributed by atoms with Gasteiger partial charge in [0.15, 0.2) is 5.82 Å². The first-order chi connectivity index (χ1) is 22.0. The van der Waals surface area contributed by atoms with Crippen LogP contribution in [-0.4, -0.2) is 98.3 Å². The Balaban J connectivity index is 1.24. The first-order valence-electron chi connectivity index (χ1n) is 15.1. The van der Waals surface area contributed by atoms with Gasteiger partial charge in [0.05, 0.1) is 49.3 Å². The highest BCUT2D eigenvalue weighted by atomic mass is 32.1. The molecule has 2 N–H and O–H groups in total. The summed E-state index contributed by atoms with van der Waals surface area (Å²) in [6.07, 6.45) is -0.693. The van der Waals surface area contributed by atoms with E-state index in [2.05, 4.69) is 25.5 Å². The number of carbonyl (C=O) groups is 3. The lowest BCUT2D eigenvalue weighted by Gasteiger charge is -2.31. The van der Waals surface area contributed by atoms with Gasteiger partial charge in [0.2, 0.25) is 0 Å². The number of carbonyl (C=O) groups excluding carboxylic acids is 3. The van der Waals surface area contributed by atoms with E-state index in [4.69, 9.17) is 14.2 Å². The maximum Gasteiger partial charge on any atom is 0.436 e. The fourth-order valence-corrected chi connectivity index (χ4v) is 6.44. The number of thiophene rings is 1. The largest absolute Gasteiger partial charge is 0.448 e. The van der Waals surface area contributed by atoms with Crippen LogP contribution in [0.4, 0.5) is 16.3 Å². The van der Waals surface area contributed by atoms with E-state index in [0.717, 1.165) is 53.4 Å². The number of hydrogen-bond donors (Lipinski definition) is 2. The van der Waals surface area contributed by atoms with Gasteiger partial charge in [0.1, 0.15) is 4.83 Å². The van der Waals surface area contributed by atoms with Crippen LogP contribution in [-0.2, 0) is 14.2 Å². The number of rotatable bonds is 9. The molecule has 2 amide bonds. The van der Waals surface area contributed by atoms with E-state index in [1.54, 1.807) is 25.1 Å². The van der Waals surface area contributed by atoms with Crippen molar-refractivity contribution in [3.63, 3.8) is 0 Å². The van der Waals surface area contributed by atoms with Crippen molar-refractivity contribution in [2.45, 2.75) is 13.0 Å². The lowest BCUT2D eigenvalue weighted by Crippen LogP contribution is -2.43. The second kappa shape index (κ2) is 14.2. The molecule has 0 bridgehead atoms. The Morgan fingerprint density at radius 2 is 1.62 bits per heavy atom. The first kappa shape index (κ1) is 30.7. The molecule has 12 nitrogen and oxygen atoms in total. The van der Waals surface area contributed by atoms with Gasteiger partial charge < -0.3 is 29.7 Å². The Bertz CT molecular complexity index is 1630. The Kier molecular flexibility index (Phi) is 9.69. The molecule has 0 spiro atoms. The van der Waals surface area contributed by atoms with Gasteiger partial charge >= 0.3 is 6.09 Å². The van der Waals surface area contributed by atoms with E-state index >= 15 is 0 Å². The van der Waals surface area contributed by atoms with Crippen LogP contribution in [0.5, 0.6) is 0 Å². The number of fused-ring (bicyclic) bond motifs is 1. The van der Waals surface area contributed by atoms with Crippen molar-refractivity contribution in [1.29, 1.82) is 0 Å². The number of nitrogens with zero attached hydrogens (tertiary/aromatic N) is 4. The van der Waals surface area contributed by atoms with E-state index in [9.17, 15) is 14.4 Å². The minimum absolute atomic E-state index is 0.149. The van der Waals surface area contributed by atoms with Crippen LogP contribution < -0.4 is 15.5 Å². The molecule has 4 heterocycles. The van der Waals surface area contributed by atoms with Crippen LogP contribution in [0.15, 0.2) is 60.7 Å². The molecule has 0 radical (unpaired) electrons. The molecule has 2 aliphatic heterocycles. The zero-order valence-electron chi connectivity index (χ0n) is 25.1. The van der Waals surface area contributed by atoms with E-state index in [1.165, 1.54) is 0 Å². The molecule has 2 aliphatic rings. The van der Waals surface area contributed by atoms with Crippen LogP contribution in [0.25, 0.3) is 10.2 Å². The predicted octanol–water partition coefficient (Wildman–Crippen LogP) is 3.99. The average molecular weight is 633 g/mol. The number of ether oxygens (including phenoxy) is 3. The standard InChI is InChI=1S/C32H36N6O6S/c1-2-44-32(41)38-31-25(28(35-38)34-29(39)23-8-10-24(11-9-23)37-14-18-43-19-15-37)20-27(45-31)30(40)33-26(22-6-4-3-5-7-22)21-36-12-16-42-17-13-36/h3-11,20,26H,2,12-19,21H2,1H3,(H,33,40)(H,34,35,39)/t26-/m1/s1. The monoisotopic (exact) mass is 632 g/mol. The Morgan fingerprint density at radius 1 is 0.933 bits per heavy atom. The molecule has 13 heteroatoms. The molecule has 236 valence electrons. The summed E-state index contributed by atoms with van der Waals surface area (Å²) in [5, 5.41) is 10.9. The van der Waals surface area contributed by atoms with Gasteiger partial charge in [-0.2, -0.15) is 4.68 Å². The SMILES string of the molecule is CCOC(=O)n1nc(NC(=O)c2ccc(N3CCOCC3)cc2)c2cc(C(=O)N[C@H](CN3CCOCC3)c3ccccc3)sc21. The summed E-state index contributed by atoms with van der Waals surface area (Å²) in [7, 11) is 0. The molecule has 2 aromatic carbocycles. The summed E-state index contributed by atoms with van der Waals surface area (Å²) in [6, 6.07) is 18.5. The number of anilines is 2. The van der Waals surface area contributed by atoms with Gasteiger partial charge in [-0.25, -0.2) is 4.79 Å². The van der Waals surface area contributed by atoms with E-state index < -0.39 is 6.09 Å². The molecular weight excluding hydrogens is 596 g/mol. The smallest absolute Gasteiger partial charge is 0.436 e. The van der Waals surface area contributed by atoms with E-state index in [-0.39, 0.29) is 30.3 Å².